The maximum Gasteiger partial charge on any atom is 0.269 e. The Kier molecular flexibility index (Phi) is 2.55. The lowest BCUT2D eigenvalue weighted by atomic mass is 10.3. The highest BCUT2D eigenvalue weighted by molar-refractivity contribution is 5.59. The molecular formula is C10H10N4O2. The van der Waals surface area contributed by atoms with Crippen molar-refractivity contribution < 1.29 is 4.92 Å². The summed E-state index contributed by atoms with van der Waals surface area (Å²) in [6.07, 6.45) is 3.50. The van der Waals surface area contributed by atoms with Crippen LogP contribution >= 0.6 is 0 Å². The summed E-state index contributed by atoms with van der Waals surface area (Å²) in [4.78, 5) is 10.0. The third kappa shape index (κ3) is 2.17. The number of aryl methyl sites for hydroxylation is 1. The monoisotopic (exact) mass is 218 g/mol. The van der Waals surface area contributed by atoms with E-state index in [1.807, 2.05) is 13.2 Å². The van der Waals surface area contributed by atoms with Crippen LogP contribution in [0, 0.1) is 10.1 Å². The highest BCUT2D eigenvalue weighted by Crippen LogP contribution is 2.19. The van der Waals surface area contributed by atoms with Gasteiger partial charge in [0.05, 0.1) is 16.8 Å². The molecule has 0 amide bonds. The molecule has 1 aromatic carbocycles. The first-order valence-corrected chi connectivity index (χ1v) is 4.65. The van der Waals surface area contributed by atoms with Gasteiger partial charge in [0.2, 0.25) is 0 Å². The smallest absolute Gasteiger partial charge is 0.269 e. The van der Waals surface area contributed by atoms with E-state index in [9.17, 15) is 10.1 Å². The molecule has 1 N–H and O–H groups in total. The Morgan fingerprint density at radius 2 is 2.00 bits per heavy atom. The minimum absolute atomic E-state index is 0.0803. The molecule has 6 nitrogen and oxygen atoms in total. The van der Waals surface area contributed by atoms with Crippen molar-refractivity contribution in [2.75, 3.05) is 5.32 Å². The average molecular weight is 218 g/mol. The van der Waals surface area contributed by atoms with E-state index in [2.05, 4.69) is 10.4 Å². The number of hydrogen-bond acceptors (Lipinski definition) is 4. The highest BCUT2D eigenvalue weighted by Gasteiger charge is 2.04. The Hall–Kier alpha value is -2.37. The number of aromatic nitrogens is 2. The first-order valence-electron chi connectivity index (χ1n) is 4.65. The molecule has 0 aliphatic rings. The van der Waals surface area contributed by atoms with Crippen molar-refractivity contribution in [1.82, 2.24) is 9.78 Å². The molecule has 2 aromatic rings. The van der Waals surface area contributed by atoms with Crippen LogP contribution in [-0.4, -0.2) is 14.7 Å². The molecule has 0 saturated heterocycles. The van der Waals surface area contributed by atoms with E-state index >= 15 is 0 Å². The van der Waals surface area contributed by atoms with Crippen molar-refractivity contribution in [3.8, 4) is 0 Å². The fourth-order valence-corrected chi connectivity index (χ4v) is 1.32. The summed E-state index contributed by atoms with van der Waals surface area (Å²) < 4.78 is 1.67. The topological polar surface area (TPSA) is 73.0 Å². The van der Waals surface area contributed by atoms with Crippen LogP contribution in [0.15, 0.2) is 36.7 Å². The number of non-ortho nitro benzene ring substituents is 1. The van der Waals surface area contributed by atoms with Crippen LogP contribution in [0.2, 0.25) is 0 Å². The molecule has 0 atom stereocenters. The van der Waals surface area contributed by atoms with Crippen molar-refractivity contribution >= 4 is 17.1 Å². The minimum Gasteiger partial charge on any atom is -0.353 e. The van der Waals surface area contributed by atoms with Crippen LogP contribution in [-0.2, 0) is 7.05 Å². The summed E-state index contributed by atoms with van der Waals surface area (Å²) in [5, 5.41) is 17.5. The van der Waals surface area contributed by atoms with Gasteiger partial charge in [-0.05, 0) is 12.1 Å². The van der Waals surface area contributed by atoms with Gasteiger partial charge >= 0.3 is 0 Å². The summed E-state index contributed by atoms with van der Waals surface area (Å²) in [5.74, 6) is 0. The lowest BCUT2D eigenvalue weighted by Crippen LogP contribution is -1.91. The van der Waals surface area contributed by atoms with E-state index in [1.54, 1.807) is 23.0 Å². The molecule has 0 aliphatic carbocycles. The van der Waals surface area contributed by atoms with Gasteiger partial charge in [-0.3, -0.25) is 14.8 Å². The van der Waals surface area contributed by atoms with E-state index in [4.69, 9.17) is 0 Å². The van der Waals surface area contributed by atoms with Gasteiger partial charge in [-0.15, -0.1) is 0 Å². The van der Waals surface area contributed by atoms with E-state index in [1.165, 1.54) is 12.1 Å². The first kappa shape index (κ1) is 10.2. The van der Waals surface area contributed by atoms with E-state index in [-0.39, 0.29) is 5.69 Å². The molecule has 1 aromatic heterocycles. The Morgan fingerprint density at radius 1 is 1.31 bits per heavy atom. The molecule has 6 heteroatoms. The molecule has 0 saturated carbocycles. The van der Waals surface area contributed by atoms with Gasteiger partial charge in [-0.1, -0.05) is 0 Å². The SMILES string of the molecule is Cn1cc(Nc2ccc([N+](=O)[O-])cc2)cn1. The van der Waals surface area contributed by atoms with Crippen LogP contribution in [0.25, 0.3) is 0 Å². The second-order valence-corrected chi connectivity index (χ2v) is 3.33. The van der Waals surface area contributed by atoms with Crippen molar-refractivity contribution in [2.45, 2.75) is 0 Å². The molecule has 0 spiro atoms. The lowest BCUT2D eigenvalue weighted by molar-refractivity contribution is -0.384. The normalized spacial score (nSPS) is 10.1. The molecule has 0 aliphatic heterocycles. The summed E-state index contributed by atoms with van der Waals surface area (Å²) in [7, 11) is 1.82. The molecule has 0 fully saturated rings. The zero-order valence-corrected chi connectivity index (χ0v) is 8.62. The quantitative estimate of drug-likeness (QED) is 0.632. The highest BCUT2D eigenvalue weighted by atomic mass is 16.6. The Labute approximate surface area is 91.7 Å². The van der Waals surface area contributed by atoms with Crippen molar-refractivity contribution in [2.24, 2.45) is 7.05 Å². The third-order valence-corrected chi connectivity index (χ3v) is 2.07. The molecular weight excluding hydrogens is 208 g/mol. The van der Waals surface area contributed by atoms with Crippen LogP contribution in [0.1, 0.15) is 0 Å². The molecule has 16 heavy (non-hydrogen) atoms. The van der Waals surface area contributed by atoms with Crippen LogP contribution in [0.3, 0.4) is 0 Å². The minimum atomic E-state index is -0.423. The summed E-state index contributed by atoms with van der Waals surface area (Å²) in [6, 6.07) is 6.23. The Bertz CT molecular complexity index is 504. The number of nitro groups is 1. The van der Waals surface area contributed by atoms with Crippen LogP contribution in [0.4, 0.5) is 17.1 Å². The summed E-state index contributed by atoms with van der Waals surface area (Å²) in [5.41, 5.74) is 1.71. The van der Waals surface area contributed by atoms with Gasteiger partial charge in [-0.25, -0.2) is 0 Å². The van der Waals surface area contributed by atoms with Gasteiger partial charge in [0.25, 0.3) is 5.69 Å². The van der Waals surface area contributed by atoms with E-state index in [0.717, 1.165) is 11.4 Å². The van der Waals surface area contributed by atoms with Crippen LogP contribution in [0.5, 0.6) is 0 Å². The van der Waals surface area contributed by atoms with Crippen molar-refractivity contribution in [3.05, 3.63) is 46.8 Å². The number of nitrogens with zero attached hydrogens (tertiary/aromatic N) is 3. The number of anilines is 2. The average Bonchev–Trinajstić information content (AvgIpc) is 2.65. The van der Waals surface area contributed by atoms with Gasteiger partial charge < -0.3 is 5.32 Å². The van der Waals surface area contributed by atoms with Gasteiger partial charge in [-0.2, -0.15) is 5.10 Å². The van der Waals surface area contributed by atoms with Gasteiger partial charge in [0.15, 0.2) is 0 Å². The van der Waals surface area contributed by atoms with E-state index in [0.29, 0.717) is 0 Å². The molecule has 1 heterocycles. The standard InChI is InChI=1S/C10H10N4O2/c1-13-7-9(6-11-13)12-8-2-4-10(5-3-8)14(15)16/h2-7,12H,1H3. The molecule has 0 unspecified atom stereocenters. The largest absolute Gasteiger partial charge is 0.353 e. The zero-order valence-electron chi connectivity index (χ0n) is 8.62. The number of benzene rings is 1. The molecule has 0 radical (unpaired) electrons. The van der Waals surface area contributed by atoms with Crippen LogP contribution < -0.4 is 5.32 Å². The van der Waals surface area contributed by atoms with Crippen molar-refractivity contribution in [1.29, 1.82) is 0 Å². The Morgan fingerprint density at radius 3 is 2.50 bits per heavy atom. The maximum absolute atomic E-state index is 10.4. The van der Waals surface area contributed by atoms with E-state index < -0.39 is 4.92 Å². The number of hydrogen-bond donors (Lipinski definition) is 1. The molecule has 0 bridgehead atoms. The fraction of sp³-hybridized carbons (Fsp3) is 0.100. The van der Waals surface area contributed by atoms with Gasteiger partial charge in [0, 0.05) is 31.1 Å². The second kappa shape index (κ2) is 4.01. The number of rotatable bonds is 3. The zero-order chi connectivity index (χ0) is 11.5. The summed E-state index contributed by atoms with van der Waals surface area (Å²) in [6.45, 7) is 0. The maximum atomic E-state index is 10.4. The number of nitrogens with one attached hydrogen (secondary N) is 1. The fourth-order valence-electron chi connectivity index (χ4n) is 1.32. The third-order valence-electron chi connectivity index (χ3n) is 2.07. The first-order chi connectivity index (χ1) is 7.65. The lowest BCUT2D eigenvalue weighted by Gasteiger charge is -2.01. The number of nitro benzene ring substituents is 1. The molecule has 2 rings (SSSR count). The van der Waals surface area contributed by atoms with Gasteiger partial charge in [0.1, 0.15) is 0 Å². The predicted octanol–water partition coefficient (Wildman–Crippen LogP) is 2.07. The summed E-state index contributed by atoms with van der Waals surface area (Å²) >= 11 is 0. The Balaban J connectivity index is 2.14. The molecule has 82 valence electrons. The second-order valence-electron chi connectivity index (χ2n) is 3.33. The predicted molar refractivity (Wildman–Crippen MR) is 59.6 cm³/mol. The van der Waals surface area contributed by atoms with Crippen molar-refractivity contribution in [3.63, 3.8) is 0 Å².